The minimum absolute atomic E-state index is 0. The van der Waals surface area contributed by atoms with E-state index in [0.29, 0.717) is 22.9 Å². The highest BCUT2D eigenvalue weighted by atomic mass is 32.2. The van der Waals surface area contributed by atoms with E-state index in [1.165, 1.54) is 11.8 Å². The molecule has 0 saturated heterocycles. The van der Waals surface area contributed by atoms with Crippen molar-refractivity contribution in [1.29, 1.82) is 0 Å². The summed E-state index contributed by atoms with van der Waals surface area (Å²) in [6.07, 6.45) is 0.916. The van der Waals surface area contributed by atoms with E-state index in [1.54, 1.807) is 52.9 Å². The van der Waals surface area contributed by atoms with E-state index in [2.05, 4.69) is 10.3 Å². The van der Waals surface area contributed by atoms with Gasteiger partial charge in [-0.15, -0.1) is 11.8 Å². The van der Waals surface area contributed by atoms with Crippen LogP contribution in [0.2, 0.25) is 0 Å². The summed E-state index contributed by atoms with van der Waals surface area (Å²) in [5.41, 5.74) is -0.885. The van der Waals surface area contributed by atoms with Gasteiger partial charge in [-0.3, -0.25) is 9.59 Å². The smallest absolute Gasteiger partial charge is 0.407 e. The molecule has 148 valence electrons. The molecule has 2 aromatic rings. The van der Waals surface area contributed by atoms with E-state index in [0.717, 1.165) is 0 Å². The first kappa shape index (κ1) is 21.0. The summed E-state index contributed by atoms with van der Waals surface area (Å²) in [6, 6.07) is 3.44. The fourth-order valence-corrected chi connectivity index (χ4v) is 3.13. The second-order valence-electron chi connectivity index (χ2n) is 7.16. The molecule has 0 fully saturated rings. The van der Waals surface area contributed by atoms with Gasteiger partial charge in [-0.25, -0.2) is 9.78 Å². The Morgan fingerprint density at radius 3 is 2.63 bits per heavy atom. The molecule has 0 unspecified atom stereocenters. The van der Waals surface area contributed by atoms with E-state index < -0.39 is 22.6 Å². The van der Waals surface area contributed by atoms with Crippen molar-refractivity contribution < 1.29 is 15.7 Å². The van der Waals surface area contributed by atoms with E-state index in [1.807, 2.05) is 0 Å². The van der Waals surface area contributed by atoms with Gasteiger partial charge in [-0.1, -0.05) is 0 Å². The molecular weight excluding hydrogens is 368 g/mol. The Morgan fingerprint density at radius 2 is 2.00 bits per heavy atom. The van der Waals surface area contributed by atoms with Crippen molar-refractivity contribution in [2.24, 2.45) is 0 Å². The van der Waals surface area contributed by atoms with Crippen LogP contribution in [0.4, 0.5) is 4.79 Å². The van der Waals surface area contributed by atoms with Gasteiger partial charge in [0.15, 0.2) is 5.75 Å². The Hall–Kier alpha value is -2.35. The largest absolute Gasteiger partial charge is 0.486 e. The van der Waals surface area contributed by atoms with Crippen LogP contribution in [0.3, 0.4) is 0 Å². The lowest BCUT2D eigenvalue weighted by molar-refractivity contribution is 0.0531. The van der Waals surface area contributed by atoms with Crippen LogP contribution in [0.1, 0.15) is 36.0 Å². The number of ether oxygens (including phenoxy) is 2. The highest BCUT2D eigenvalue weighted by molar-refractivity contribution is 7.99. The van der Waals surface area contributed by atoms with E-state index >= 15 is 0 Å². The first-order chi connectivity index (χ1) is 12.6. The summed E-state index contributed by atoms with van der Waals surface area (Å²) < 4.78 is 10.7. The molecule has 1 aromatic carbocycles. The number of alkyl carbamates (subject to hydrolysis) is 1. The molecule has 0 atom stereocenters. The minimum Gasteiger partial charge on any atom is -0.486 e. The van der Waals surface area contributed by atoms with E-state index in [4.69, 9.17) is 9.47 Å². The zero-order valence-electron chi connectivity index (χ0n) is 16.1. The Bertz CT molecular complexity index is 885. The molecule has 1 amide bonds. The molecule has 0 aliphatic carbocycles. The fraction of sp³-hybridized carbons (Fsp3) is 0.474. The summed E-state index contributed by atoms with van der Waals surface area (Å²) >= 11 is 1.37. The maximum atomic E-state index is 12.1. The minimum atomic E-state index is -0.606. The van der Waals surface area contributed by atoms with Gasteiger partial charge >= 0.3 is 6.09 Å². The van der Waals surface area contributed by atoms with Crippen molar-refractivity contribution in [3.05, 3.63) is 38.8 Å². The number of carbonyl (C=O) groups is 1. The summed E-state index contributed by atoms with van der Waals surface area (Å²) in [4.78, 5) is 39.8. The topological polar surface area (TPSA) is 94.6 Å². The maximum absolute atomic E-state index is 12.1. The third-order valence-corrected chi connectivity index (χ3v) is 4.28. The molecule has 2 rings (SSSR count). The van der Waals surface area contributed by atoms with Crippen molar-refractivity contribution in [3.8, 4) is 16.9 Å². The molecule has 27 heavy (non-hydrogen) atoms. The average Bonchev–Trinajstić information content (AvgIpc) is 2.57. The van der Waals surface area contributed by atoms with Crippen LogP contribution >= 0.6 is 11.8 Å². The zero-order valence-corrected chi connectivity index (χ0v) is 16.9. The Kier molecular flexibility index (Phi) is 6.64. The predicted molar refractivity (Wildman–Crippen MR) is 107 cm³/mol. The number of aromatic nitrogens is 1. The molecule has 0 radical (unpaired) electrons. The van der Waals surface area contributed by atoms with Crippen LogP contribution in [0.15, 0.2) is 32.9 Å². The monoisotopic (exact) mass is 394 g/mol. The zero-order chi connectivity index (χ0) is 20.2. The molecule has 8 heteroatoms. The number of hydrogen-bond acceptors (Lipinski definition) is 7. The standard InChI is InChI=1S/C19H24N2O5S.H2/c1-11(2)25-16-13(14(22)15(16)23)12-7-6-8-20-17(12)27-10-9-21-18(24)26-19(3,4)5;/h6-8,11H,9-10H2,1-5H3,(H,21,24);1H. The number of carbonyl (C=O) groups excluding carboxylic acids is 1. The summed E-state index contributed by atoms with van der Waals surface area (Å²) in [5, 5.41) is 3.27. The quantitative estimate of drug-likeness (QED) is 0.438. The molecule has 1 N–H and O–H groups in total. The molecule has 1 aromatic heterocycles. The van der Waals surface area contributed by atoms with Gasteiger partial charge in [-0.2, -0.15) is 0 Å². The van der Waals surface area contributed by atoms with Crippen LogP contribution < -0.4 is 20.9 Å². The second kappa shape index (κ2) is 8.56. The highest BCUT2D eigenvalue weighted by Crippen LogP contribution is 2.33. The third-order valence-electron chi connectivity index (χ3n) is 3.27. The van der Waals surface area contributed by atoms with Gasteiger partial charge < -0.3 is 14.8 Å². The Balaban J connectivity index is 0.00000392. The molecule has 0 aliphatic heterocycles. The number of pyridine rings is 1. The second-order valence-corrected chi connectivity index (χ2v) is 8.25. The van der Waals surface area contributed by atoms with Crippen LogP contribution in [0.5, 0.6) is 5.75 Å². The van der Waals surface area contributed by atoms with Crippen molar-refractivity contribution >= 4 is 17.9 Å². The van der Waals surface area contributed by atoms with E-state index in [-0.39, 0.29) is 18.8 Å². The number of amides is 1. The van der Waals surface area contributed by atoms with Crippen LogP contribution in [-0.4, -0.2) is 35.1 Å². The predicted octanol–water partition coefficient (Wildman–Crippen LogP) is 2.99. The highest BCUT2D eigenvalue weighted by Gasteiger charge is 2.27. The van der Waals surface area contributed by atoms with Crippen molar-refractivity contribution in [1.82, 2.24) is 10.3 Å². The van der Waals surface area contributed by atoms with Crippen LogP contribution in [-0.2, 0) is 4.74 Å². The van der Waals surface area contributed by atoms with Gasteiger partial charge in [0.05, 0.1) is 11.7 Å². The number of nitrogens with zero attached hydrogens (tertiary/aromatic N) is 1. The number of nitrogens with one attached hydrogen (secondary N) is 1. The molecule has 7 nitrogen and oxygen atoms in total. The average molecular weight is 394 g/mol. The van der Waals surface area contributed by atoms with Gasteiger partial charge in [0.2, 0.25) is 5.43 Å². The van der Waals surface area contributed by atoms with Gasteiger partial charge in [0.25, 0.3) is 5.43 Å². The lowest BCUT2D eigenvalue weighted by Gasteiger charge is -2.19. The molecule has 0 saturated carbocycles. The summed E-state index contributed by atoms with van der Waals surface area (Å²) in [5.74, 6) is 0.621. The van der Waals surface area contributed by atoms with Crippen molar-refractivity contribution in [3.63, 3.8) is 0 Å². The third kappa shape index (κ3) is 5.56. The van der Waals surface area contributed by atoms with Crippen LogP contribution in [0.25, 0.3) is 11.1 Å². The maximum Gasteiger partial charge on any atom is 0.407 e. The lowest BCUT2D eigenvalue weighted by atomic mass is 10.0. The SMILES string of the molecule is CC(C)Oc1c(-c2cccnc2SCCNC(=O)OC(C)(C)C)c(=O)c1=O.[HH]. The Morgan fingerprint density at radius 1 is 1.30 bits per heavy atom. The number of hydrogen-bond donors (Lipinski definition) is 1. The van der Waals surface area contributed by atoms with Gasteiger partial charge in [0.1, 0.15) is 10.6 Å². The number of rotatable bonds is 7. The first-order valence-corrected chi connectivity index (χ1v) is 9.63. The number of thioether (sulfide) groups is 1. The lowest BCUT2D eigenvalue weighted by Crippen LogP contribution is -2.36. The van der Waals surface area contributed by atoms with Crippen LogP contribution in [0, 0.1) is 0 Å². The molecule has 1 heterocycles. The molecular formula is C19H26N2O5S. The summed E-state index contributed by atoms with van der Waals surface area (Å²) in [7, 11) is 0. The van der Waals surface area contributed by atoms with Gasteiger partial charge in [-0.05, 0) is 46.8 Å². The first-order valence-electron chi connectivity index (χ1n) is 8.65. The van der Waals surface area contributed by atoms with Crippen molar-refractivity contribution in [2.75, 3.05) is 12.3 Å². The summed E-state index contributed by atoms with van der Waals surface area (Å²) in [6.45, 7) is 9.34. The molecule has 0 bridgehead atoms. The molecule has 0 aliphatic rings. The Labute approximate surface area is 163 Å². The normalized spacial score (nSPS) is 11.6. The van der Waals surface area contributed by atoms with Crippen molar-refractivity contribution in [2.45, 2.75) is 51.3 Å². The fourth-order valence-electron chi connectivity index (χ4n) is 2.27. The van der Waals surface area contributed by atoms with E-state index in [9.17, 15) is 14.4 Å². The van der Waals surface area contributed by atoms with Gasteiger partial charge in [0, 0.05) is 25.5 Å². The molecule has 0 spiro atoms.